The second-order valence-electron chi connectivity index (χ2n) is 4.76. The van der Waals surface area contributed by atoms with E-state index in [-0.39, 0.29) is 0 Å². The van der Waals surface area contributed by atoms with E-state index >= 15 is 0 Å². The smallest absolute Gasteiger partial charge is 0.122 e. The Labute approximate surface area is 133 Å². The van der Waals surface area contributed by atoms with Crippen LogP contribution in [0.4, 0.5) is 0 Å². The number of ether oxygens (including phenoxy) is 1. The first-order valence-electron chi connectivity index (χ1n) is 6.75. The summed E-state index contributed by atoms with van der Waals surface area (Å²) in [7, 11) is 1.73. The van der Waals surface area contributed by atoms with Gasteiger partial charge in [0.25, 0.3) is 0 Å². The van der Waals surface area contributed by atoms with E-state index in [0.717, 1.165) is 18.7 Å². The van der Waals surface area contributed by atoms with Gasteiger partial charge in [-0.3, -0.25) is 0 Å². The number of benzene rings is 1. The van der Waals surface area contributed by atoms with Crippen LogP contribution in [0.25, 0.3) is 0 Å². The molecular weight excluding hydrogens is 334 g/mol. The molecule has 0 aliphatic heterocycles. The molecule has 2 aromatic rings. The number of likely N-dealkylation sites (N-methyl/N-ethyl adjacent to an activating group) is 1. The third-order valence-electron chi connectivity index (χ3n) is 3.27. The van der Waals surface area contributed by atoms with Crippen molar-refractivity contribution in [3.8, 4) is 5.75 Å². The van der Waals surface area contributed by atoms with Crippen LogP contribution in [-0.4, -0.2) is 13.7 Å². The van der Waals surface area contributed by atoms with Gasteiger partial charge >= 0.3 is 0 Å². The van der Waals surface area contributed by atoms with E-state index in [1.165, 1.54) is 20.5 Å². The summed E-state index contributed by atoms with van der Waals surface area (Å²) >= 11 is 5.42. The fourth-order valence-corrected chi connectivity index (χ4v) is 4.07. The van der Waals surface area contributed by atoms with Gasteiger partial charge in [-0.15, -0.1) is 11.3 Å². The molecule has 108 valence electrons. The van der Waals surface area contributed by atoms with Crippen LogP contribution in [0.5, 0.6) is 5.75 Å². The topological polar surface area (TPSA) is 21.3 Å². The van der Waals surface area contributed by atoms with E-state index in [1.807, 2.05) is 0 Å². The van der Waals surface area contributed by atoms with Crippen molar-refractivity contribution in [1.82, 2.24) is 5.32 Å². The largest absolute Gasteiger partial charge is 0.496 e. The van der Waals surface area contributed by atoms with Crippen LogP contribution in [-0.2, 0) is 6.42 Å². The quantitative estimate of drug-likeness (QED) is 0.810. The van der Waals surface area contributed by atoms with Crippen LogP contribution in [0.15, 0.2) is 34.1 Å². The Kier molecular flexibility index (Phi) is 5.64. The number of hydrogen-bond acceptors (Lipinski definition) is 3. The summed E-state index contributed by atoms with van der Waals surface area (Å²) < 4.78 is 6.67. The molecule has 0 radical (unpaired) electrons. The number of methoxy groups -OCH3 is 1. The fourth-order valence-electron chi connectivity index (χ4n) is 2.34. The summed E-state index contributed by atoms with van der Waals surface area (Å²) in [5.41, 5.74) is 2.51. The van der Waals surface area contributed by atoms with E-state index in [1.54, 1.807) is 18.4 Å². The minimum Gasteiger partial charge on any atom is -0.496 e. The van der Waals surface area contributed by atoms with Crippen molar-refractivity contribution in [2.24, 2.45) is 0 Å². The summed E-state index contributed by atoms with van der Waals surface area (Å²) in [6.07, 6.45) is 0.928. The zero-order valence-electron chi connectivity index (χ0n) is 12.1. The minimum absolute atomic E-state index is 0.310. The summed E-state index contributed by atoms with van der Waals surface area (Å²) in [4.78, 5) is 1.34. The van der Waals surface area contributed by atoms with Gasteiger partial charge in [0.2, 0.25) is 0 Å². The van der Waals surface area contributed by atoms with Crippen molar-refractivity contribution in [2.75, 3.05) is 13.7 Å². The predicted octanol–water partition coefficient (Wildman–Crippen LogP) is 4.72. The molecule has 1 aromatic heterocycles. The van der Waals surface area contributed by atoms with E-state index in [4.69, 9.17) is 4.74 Å². The highest BCUT2D eigenvalue weighted by Crippen LogP contribution is 2.33. The highest BCUT2D eigenvalue weighted by molar-refractivity contribution is 9.10. The molecule has 0 bridgehead atoms. The maximum absolute atomic E-state index is 5.49. The molecule has 4 heteroatoms. The molecular formula is C16H20BrNOS. The summed E-state index contributed by atoms with van der Waals surface area (Å²) in [5, 5.41) is 5.69. The van der Waals surface area contributed by atoms with E-state index in [0.29, 0.717) is 6.04 Å². The van der Waals surface area contributed by atoms with Crippen LogP contribution < -0.4 is 10.1 Å². The van der Waals surface area contributed by atoms with Crippen molar-refractivity contribution in [1.29, 1.82) is 0 Å². The Bertz CT molecular complexity index is 567. The van der Waals surface area contributed by atoms with Gasteiger partial charge in [-0.2, -0.15) is 0 Å². The third kappa shape index (κ3) is 3.62. The minimum atomic E-state index is 0.310. The van der Waals surface area contributed by atoms with Gasteiger partial charge in [-0.25, -0.2) is 0 Å². The van der Waals surface area contributed by atoms with Crippen molar-refractivity contribution in [2.45, 2.75) is 26.3 Å². The van der Waals surface area contributed by atoms with E-state index < -0.39 is 0 Å². The molecule has 1 heterocycles. The normalized spacial score (nSPS) is 12.4. The Morgan fingerprint density at radius 1 is 1.35 bits per heavy atom. The lowest BCUT2D eigenvalue weighted by atomic mass is 10.0. The van der Waals surface area contributed by atoms with Crippen LogP contribution in [0.3, 0.4) is 0 Å². The van der Waals surface area contributed by atoms with Crippen LogP contribution >= 0.6 is 27.3 Å². The van der Waals surface area contributed by atoms with Gasteiger partial charge in [0, 0.05) is 15.4 Å². The summed E-state index contributed by atoms with van der Waals surface area (Å²) in [6.45, 7) is 5.21. The molecule has 0 spiro atoms. The number of halogens is 1. The lowest BCUT2D eigenvalue weighted by molar-refractivity contribution is 0.406. The average Bonchev–Trinajstić information content (AvgIpc) is 2.85. The number of hydrogen-bond donors (Lipinski definition) is 1. The number of thiophene rings is 1. The monoisotopic (exact) mass is 353 g/mol. The first-order valence-corrected chi connectivity index (χ1v) is 8.42. The van der Waals surface area contributed by atoms with Crippen molar-refractivity contribution in [3.63, 3.8) is 0 Å². The molecule has 2 rings (SSSR count). The van der Waals surface area contributed by atoms with Gasteiger partial charge < -0.3 is 10.1 Å². The Balaban J connectivity index is 2.29. The van der Waals surface area contributed by atoms with Gasteiger partial charge in [0.05, 0.1) is 7.11 Å². The first kappa shape index (κ1) is 15.5. The molecule has 0 saturated carbocycles. The fraction of sp³-hybridized carbons (Fsp3) is 0.375. The Morgan fingerprint density at radius 2 is 2.15 bits per heavy atom. The Morgan fingerprint density at radius 3 is 2.75 bits per heavy atom. The summed E-state index contributed by atoms with van der Waals surface area (Å²) in [5.74, 6) is 0.964. The second kappa shape index (κ2) is 7.25. The molecule has 1 aromatic carbocycles. The first-order chi connectivity index (χ1) is 9.65. The maximum Gasteiger partial charge on any atom is 0.122 e. The molecule has 0 aliphatic carbocycles. The Hall–Kier alpha value is -0.840. The highest BCUT2D eigenvalue weighted by Gasteiger charge is 2.17. The van der Waals surface area contributed by atoms with Gasteiger partial charge in [-0.05, 0) is 58.9 Å². The van der Waals surface area contributed by atoms with Crippen LogP contribution in [0, 0.1) is 6.92 Å². The molecule has 0 fully saturated rings. The van der Waals surface area contributed by atoms with Crippen LogP contribution in [0.2, 0.25) is 0 Å². The standard InChI is InChI=1S/C16H20BrNOS/c1-4-18-14(16-13(17)7-8-20-16)10-12-9-11(2)5-6-15(12)19-3/h5-9,14,18H,4,10H2,1-3H3. The van der Waals surface area contributed by atoms with E-state index in [9.17, 15) is 0 Å². The molecule has 0 aliphatic rings. The zero-order valence-corrected chi connectivity index (χ0v) is 14.5. The maximum atomic E-state index is 5.49. The van der Waals surface area contributed by atoms with Gasteiger partial charge in [0.1, 0.15) is 5.75 Å². The molecule has 0 amide bonds. The van der Waals surface area contributed by atoms with Gasteiger partial charge in [-0.1, -0.05) is 24.6 Å². The SMILES string of the molecule is CCNC(Cc1cc(C)ccc1OC)c1sccc1Br. The molecule has 1 N–H and O–H groups in total. The predicted molar refractivity (Wildman–Crippen MR) is 89.9 cm³/mol. The molecule has 2 nitrogen and oxygen atoms in total. The summed E-state index contributed by atoms with van der Waals surface area (Å²) in [6, 6.07) is 8.77. The third-order valence-corrected chi connectivity index (χ3v) is 5.26. The highest BCUT2D eigenvalue weighted by atomic mass is 79.9. The average molecular weight is 354 g/mol. The lowest BCUT2D eigenvalue weighted by Crippen LogP contribution is -2.22. The molecule has 1 unspecified atom stereocenters. The lowest BCUT2D eigenvalue weighted by Gasteiger charge is -2.19. The zero-order chi connectivity index (χ0) is 14.5. The number of nitrogens with one attached hydrogen (secondary N) is 1. The van der Waals surface area contributed by atoms with E-state index in [2.05, 4.69) is 64.7 Å². The van der Waals surface area contributed by atoms with Gasteiger partial charge in [0.15, 0.2) is 0 Å². The van der Waals surface area contributed by atoms with Crippen molar-refractivity contribution >= 4 is 27.3 Å². The number of rotatable bonds is 6. The molecule has 0 saturated heterocycles. The van der Waals surface area contributed by atoms with Crippen LogP contribution in [0.1, 0.15) is 29.0 Å². The molecule has 1 atom stereocenters. The number of aryl methyl sites for hydroxylation is 1. The van der Waals surface area contributed by atoms with Crippen molar-refractivity contribution in [3.05, 3.63) is 50.1 Å². The molecule has 20 heavy (non-hydrogen) atoms. The second-order valence-corrected chi connectivity index (χ2v) is 6.56. The van der Waals surface area contributed by atoms with Crippen molar-refractivity contribution < 1.29 is 4.74 Å².